The molecule has 0 aromatic heterocycles. The Morgan fingerprint density at radius 3 is 2.33 bits per heavy atom. The van der Waals surface area contributed by atoms with Crippen LogP contribution in [0.2, 0.25) is 0 Å². The van der Waals surface area contributed by atoms with E-state index in [4.69, 9.17) is 4.74 Å². The minimum absolute atomic E-state index is 0.194. The van der Waals surface area contributed by atoms with Crippen LogP contribution in [-0.4, -0.2) is 24.2 Å². The third kappa shape index (κ3) is 4.00. The van der Waals surface area contributed by atoms with Crippen molar-refractivity contribution >= 4 is 27.5 Å². The zero-order valence-electron chi connectivity index (χ0n) is 17.0. The van der Waals surface area contributed by atoms with Crippen molar-refractivity contribution in [2.75, 3.05) is 13.2 Å². The number of ether oxygens (including phenoxy) is 1. The first-order valence-electron chi connectivity index (χ1n) is 10.3. The van der Waals surface area contributed by atoms with E-state index >= 15 is 0 Å². The van der Waals surface area contributed by atoms with Gasteiger partial charge in [0, 0.05) is 6.54 Å². The average molecular weight is 399 g/mol. The summed E-state index contributed by atoms with van der Waals surface area (Å²) in [5, 5.41) is 17.7. The largest absolute Gasteiger partial charge is 0.493 e. The first-order chi connectivity index (χ1) is 14.7. The zero-order valence-corrected chi connectivity index (χ0v) is 17.0. The quantitative estimate of drug-likeness (QED) is 0.446. The highest BCUT2D eigenvalue weighted by atomic mass is 16.5. The molecule has 2 N–H and O–H groups in total. The molecule has 0 saturated heterocycles. The maximum atomic E-state index is 13.0. The third-order valence-corrected chi connectivity index (χ3v) is 5.30. The third-order valence-electron chi connectivity index (χ3n) is 5.30. The summed E-state index contributed by atoms with van der Waals surface area (Å²) in [7, 11) is 0. The number of carbonyl (C=O) groups is 1. The van der Waals surface area contributed by atoms with Crippen LogP contribution in [0.4, 0.5) is 0 Å². The van der Waals surface area contributed by atoms with Crippen molar-refractivity contribution in [2.45, 2.75) is 19.4 Å². The topological polar surface area (TPSA) is 58.6 Å². The van der Waals surface area contributed by atoms with Gasteiger partial charge in [0.15, 0.2) is 0 Å². The number of hydrogen-bond acceptors (Lipinski definition) is 3. The molecule has 0 aliphatic carbocycles. The van der Waals surface area contributed by atoms with Crippen molar-refractivity contribution in [2.24, 2.45) is 0 Å². The summed E-state index contributed by atoms with van der Waals surface area (Å²) in [5.41, 5.74) is 1.41. The van der Waals surface area contributed by atoms with Crippen molar-refractivity contribution in [1.29, 1.82) is 0 Å². The van der Waals surface area contributed by atoms with E-state index in [1.165, 1.54) is 0 Å². The van der Waals surface area contributed by atoms with Gasteiger partial charge in [-0.2, -0.15) is 0 Å². The second-order valence-corrected chi connectivity index (χ2v) is 7.22. The first-order valence-corrected chi connectivity index (χ1v) is 10.3. The molecule has 0 saturated carbocycles. The molecular weight excluding hydrogens is 374 g/mol. The van der Waals surface area contributed by atoms with E-state index in [2.05, 4.69) is 5.32 Å². The van der Waals surface area contributed by atoms with Crippen molar-refractivity contribution in [3.63, 3.8) is 0 Å². The monoisotopic (exact) mass is 399 g/mol. The number of carbonyl (C=O) groups excluding carboxylic acids is 1. The maximum Gasteiger partial charge on any atom is 0.255 e. The Kier molecular flexibility index (Phi) is 5.96. The molecule has 0 aliphatic rings. The van der Waals surface area contributed by atoms with Crippen LogP contribution in [0.1, 0.15) is 35.4 Å². The van der Waals surface area contributed by atoms with Crippen molar-refractivity contribution in [3.8, 4) is 5.75 Å². The van der Waals surface area contributed by atoms with Crippen LogP contribution >= 0.6 is 0 Å². The molecule has 4 aromatic carbocycles. The van der Waals surface area contributed by atoms with Gasteiger partial charge in [-0.1, -0.05) is 72.8 Å². The number of fused-ring (bicyclic) bond motifs is 2. The lowest BCUT2D eigenvalue weighted by atomic mass is 9.98. The number of benzene rings is 4. The summed E-state index contributed by atoms with van der Waals surface area (Å²) in [4.78, 5) is 13.0. The Labute approximate surface area is 176 Å². The lowest BCUT2D eigenvalue weighted by Gasteiger charge is -2.16. The number of rotatable bonds is 7. The van der Waals surface area contributed by atoms with E-state index in [0.29, 0.717) is 30.9 Å². The second kappa shape index (κ2) is 8.97. The molecule has 0 fully saturated rings. The van der Waals surface area contributed by atoms with Crippen LogP contribution < -0.4 is 10.1 Å². The van der Waals surface area contributed by atoms with Crippen molar-refractivity contribution in [3.05, 3.63) is 90.0 Å². The Balaban J connectivity index is 1.51. The fourth-order valence-electron chi connectivity index (χ4n) is 3.87. The molecule has 0 radical (unpaired) electrons. The van der Waals surface area contributed by atoms with Gasteiger partial charge in [0.1, 0.15) is 5.75 Å². The van der Waals surface area contributed by atoms with E-state index in [1.807, 2.05) is 85.8 Å². The van der Waals surface area contributed by atoms with Crippen molar-refractivity contribution < 1.29 is 14.6 Å². The molecule has 4 heteroatoms. The van der Waals surface area contributed by atoms with E-state index in [0.717, 1.165) is 27.1 Å². The van der Waals surface area contributed by atoms with Crippen LogP contribution in [0, 0.1) is 0 Å². The molecular formula is C26H25NO3. The summed E-state index contributed by atoms with van der Waals surface area (Å²) < 4.78 is 5.70. The van der Waals surface area contributed by atoms with Crippen LogP contribution in [0.5, 0.6) is 5.75 Å². The SMILES string of the molecule is CCOc1ccc2ccccc2c1C(=O)NCCC(O)c1cccc2ccccc12. The number of hydrogen-bond donors (Lipinski definition) is 2. The fourth-order valence-corrected chi connectivity index (χ4v) is 3.87. The highest BCUT2D eigenvalue weighted by Gasteiger charge is 2.17. The van der Waals surface area contributed by atoms with Crippen LogP contribution in [0.3, 0.4) is 0 Å². The van der Waals surface area contributed by atoms with Gasteiger partial charge in [0.2, 0.25) is 0 Å². The molecule has 0 heterocycles. The number of aliphatic hydroxyl groups is 1. The molecule has 0 bridgehead atoms. The molecule has 30 heavy (non-hydrogen) atoms. The predicted molar refractivity (Wildman–Crippen MR) is 121 cm³/mol. The van der Waals surface area contributed by atoms with E-state index in [-0.39, 0.29) is 5.91 Å². The van der Waals surface area contributed by atoms with Gasteiger partial charge >= 0.3 is 0 Å². The summed E-state index contributed by atoms with van der Waals surface area (Å²) >= 11 is 0. The fraction of sp³-hybridized carbons (Fsp3) is 0.192. The Bertz CT molecular complexity index is 1180. The van der Waals surface area contributed by atoms with E-state index in [1.54, 1.807) is 0 Å². The molecule has 1 amide bonds. The van der Waals surface area contributed by atoms with Gasteiger partial charge in [0.25, 0.3) is 5.91 Å². The van der Waals surface area contributed by atoms with Crippen molar-refractivity contribution in [1.82, 2.24) is 5.32 Å². The summed E-state index contributed by atoms with van der Waals surface area (Å²) in [6, 6.07) is 25.5. The second-order valence-electron chi connectivity index (χ2n) is 7.22. The van der Waals surface area contributed by atoms with Gasteiger partial charge < -0.3 is 15.2 Å². The molecule has 4 nitrogen and oxygen atoms in total. The van der Waals surface area contributed by atoms with Gasteiger partial charge in [-0.25, -0.2) is 0 Å². The molecule has 4 rings (SSSR count). The van der Waals surface area contributed by atoms with Crippen LogP contribution in [0.15, 0.2) is 78.9 Å². The lowest BCUT2D eigenvalue weighted by Crippen LogP contribution is -2.26. The summed E-state index contributed by atoms with van der Waals surface area (Å²) in [6.45, 7) is 2.74. The highest BCUT2D eigenvalue weighted by Crippen LogP contribution is 2.29. The van der Waals surface area contributed by atoms with Crippen LogP contribution in [-0.2, 0) is 0 Å². The standard InChI is InChI=1S/C26H25NO3/c1-2-30-24-15-14-19-9-4-6-12-21(19)25(24)26(29)27-17-16-23(28)22-13-7-10-18-8-3-5-11-20(18)22/h3-15,23,28H,2,16-17H2,1H3,(H,27,29). The minimum atomic E-state index is -0.657. The number of nitrogens with one attached hydrogen (secondary N) is 1. The summed E-state index contributed by atoms with van der Waals surface area (Å²) in [6.07, 6.45) is -0.232. The average Bonchev–Trinajstić information content (AvgIpc) is 2.78. The Hall–Kier alpha value is -3.37. The Morgan fingerprint density at radius 2 is 1.57 bits per heavy atom. The van der Waals surface area contributed by atoms with Gasteiger partial charge in [-0.15, -0.1) is 0 Å². The lowest BCUT2D eigenvalue weighted by molar-refractivity contribution is 0.0941. The summed E-state index contributed by atoms with van der Waals surface area (Å²) in [5.74, 6) is 0.378. The van der Waals surface area contributed by atoms with Crippen LogP contribution in [0.25, 0.3) is 21.5 Å². The maximum absolute atomic E-state index is 13.0. The normalized spacial score (nSPS) is 12.1. The smallest absolute Gasteiger partial charge is 0.255 e. The van der Waals surface area contributed by atoms with Gasteiger partial charge in [-0.05, 0) is 46.5 Å². The molecule has 0 aliphatic heterocycles. The van der Waals surface area contributed by atoms with E-state index < -0.39 is 6.10 Å². The predicted octanol–water partition coefficient (Wildman–Crippen LogP) is 5.25. The zero-order chi connectivity index (χ0) is 20.9. The highest BCUT2D eigenvalue weighted by molar-refractivity contribution is 6.09. The Morgan fingerprint density at radius 1 is 0.900 bits per heavy atom. The molecule has 152 valence electrons. The number of aliphatic hydroxyl groups excluding tert-OH is 1. The van der Waals surface area contributed by atoms with E-state index in [9.17, 15) is 9.90 Å². The van der Waals surface area contributed by atoms with Gasteiger partial charge in [-0.3, -0.25) is 4.79 Å². The molecule has 1 unspecified atom stereocenters. The number of amides is 1. The minimum Gasteiger partial charge on any atom is -0.493 e. The van der Waals surface area contributed by atoms with Gasteiger partial charge in [0.05, 0.1) is 18.3 Å². The molecule has 0 spiro atoms. The molecule has 4 aromatic rings. The first kappa shape index (κ1) is 19.9. The molecule has 1 atom stereocenters.